The van der Waals surface area contributed by atoms with Gasteiger partial charge in [0.05, 0.1) is 27.8 Å². The van der Waals surface area contributed by atoms with Gasteiger partial charge in [-0.2, -0.15) is 9.97 Å². The Morgan fingerprint density at radius 1 is 0.333 bits per heavy atom. The van der Waals surface area contributed by atoms with Gasteiger partial charge in [0.2, 0.25) is 5.95 Å². The van der Waals surface area contributed by atoms with Crippen molar-refractivity contribution in [2.75, 3.05) is 0 Å². The predicted molar refractivity (Wildman–Crippen MR) is 263 cm³/mol. The van der Waals surface area contributed by atoms with Crippen LogP contribution in [0.25, 0.3) is 120 Å². The highest BCUT2D eigenvalue weighted by atomic mass is 32.1. The van der Waals surface area contributed by atoms with Crippen LogP contribution in [0.2, 0.25) is 0 Å². The molecule has 0 N–H and O–H groups in total. The lowest BCUT2D eigenvalue weighted by Gasteiger charge is -2.16. The number of benzene rings is 9. The van der Waals surface area contributed by atoms with Gasteiger partial charge in [-0.1, -0.05) is 176 Å². The van der Waals surface area contributed by atoms with E-state index in [1.54, 1.807) is 11.3 Å². The SMILES string of the molecule is c1ccc(-c2cccc(-c3ccccc3-n3c4ccccc4c4ccc5c6ccccc6n(-c6nc(-c7ccccc7)nc(-c7cccc8c7sc7ccccc78)n6)c5c43)c2)cc1. The Morgan fingerprint density at radius 3 is 1.65 bits per heavy atom. The average molecular weight is 822 g/mol. The molecule has 0 fully saturated rings. The van der Waals surface area contributed by atoms with Gasteiger partial charge in [-0.3, -0.25) is 4.57 Å². The fourth-order valence-electron chi connectivity index (χ4n) is 9.59. The van der Waals surface area contributed by atoms with E-state index in [2.05, 4.69) is 203 Å². The molecule has 294 valence electrons. The van der Waals surface area contributed by atoms with Gasteiger partial charge in [0.1, 0.15) is 0 Å². The summed E-state index contributed by atoms with van der Waals surface area (Å²) >= 11 is 1.79. The fourth-order valence-corrected chi connectivity index (χ4v) is 10.8. The zero-order valence-corrected chi connectivity index (χ0v) is 34.7. The van der Waals surface area contributed by atoms with Crippen molar-refractivity contribution in [1.29, 1.82) is 0 Å². The fraction of sp³-hybridized carbons (Fsp3) is 0. The maximum Gasteiger partial charge on any atom is 0.238 e. The summed E-state index contributed by atoms with van der Waals surface area (Å²) in [6.07, 6.45) is 0. The third kappa shape index (κ3) is 5.59. The van der Waals surface area contributed by atoms with Crippen LogP contribution in [-0.4, -0.2) is 24.1 Å². The molecule has 0 aliphatic rings. The van der Waals surface area contributed by atoms with E-state index in [0.717, 1.165) is 70.9 Å². The monoisotopic (exact) mass is 821 g/mol. The molecule has 0 aliphatic carbocycles. The molecule has 0 aliphatic heterocycles. The molecule has 4 aromatic heterocycles. The lowest BCUT2D eigenvalue weighted by Crippen LogP contribution is -2.07. The van der Waals surface area contributed by atoms with E-state index in [4.69, 9.17) is 15.0 Å². The second-order valence-electron chi connectivity index (χ2n) is 16.0. The Kier molecular flexibility index (Phi) is 8.01. The molecule has 13 aromatic rings. The number of para-hydroxylation sites is 3. The first-order valence-electron chi connectivity index (χ1n) is 21.2. The van der Waals surface area contributed by atoms with Crippen molar-refractivity contribution >= 4 is 75.1 Å². The van der Waals surface area contributed by atoms with Crippen molar-refractivity contribution in [2.45, 2.75) is 0 Å². The molecule has 5 nitrogen and oxygen atoms in total. The molecule has 0 spiro atoms. The molecule has 13 rings (SSSR count). The molecule has 4 heterocycles. The number of hydrogen-bond donors (Lipinski definition) is 0. The molecular formula is C57H35N5S. The van der Waals surface area contributed by atoms with E-state index >= 15 is 0 Å². The topological polar surface area (TPSA) is 48.5 Å². The van der Waals surface area contributed by atoms with E-state index in [-0.39, 0.29) is 0 Å². The van der Waals surface area contributed by atoms with Crippen molar-refractivity contribution in [3.8, 4) is 56.7 Å². The van der Waals surface area contributed by atoms with Crippen molar-refractivity contribution in [3.05, 3.63) is 212 Å². The number of fused-ring (bicyclic) bond motifs is 10. The lowest BCUT2D eigenvalue weighted by atomic mass is 9.98. The highest BCUT2D eigenvalue weighted by Gasteiger charge is 2.25. The summed E-state index contributed by atoms with van der Waals surface area (Å²) in [5.41, 5.74) is 11.9. The van der Waals surface area contributed by atoms with E-state index in [9.17, 15) is 0 Å². The van der Waals surface area contributed by atoms with Crippen LogP contribution in [0.15, 0.2) is 212 Å². The second kappa shape index (κ2) is 14.2. The predicted octanol–water partition coefficient (Wildman–Crippen LogP) is 15.1. The molecule has 63 heavy (non-hydrogen) atoms. The van der Waals surface area contributed by atoms with Crippen molar-refractivity contribution < 1.29 is 0 Å². The Hall–Kier alpha value is -8.19. The van der Waals surface area contributed by atoms with Crippen LogP contribution < -0.4 is 0 Å². The van der Waals surface area contributed by atoms with Crippen LogP contribution >= 0.6 is 11.3 Å². The number of hydrogen-bond acceptors (Lipinski definition) is 4. The third-order valence-electron chi connectivity index (χ3n) is 12.4. The Labute approximate surface area is 366 Å². The van der Waals surface area contributed by atoms with Crippen LogP contribution in [0.5, 0.6) is 0 Å². The first kappa shape index (κ1) is 35.6. The van der Waals surface area contributed by atoms with Gasteiger partial charge in [0, 0.05) is 58.4 Å². The Balaban J connectivity index is 1.14. The van der Waals surface area contributed by atoms with Gasteiger partial charge in [-0.25, -0.2) is 4.98 Å². The second-order valence-corrected chi connectivity index (χ2v) is 17.0. The van der Waals surface area contributed by atoms with Gasteiger partial charge in [-0.15, -0.1) is 11.3 Å². The summed E-state index contributed by atoms with van der Waals surface area (Å²) in [6, 6.07) is 75.6. The number of rotatable bonds is 6. The van der Waals surface area contributed by atoms with Crippen LogP contribution in [0, 0.1) is 0 Å². The maximum absolute atomic E-state index is 5.50. The minimum absolute atomic E-state index is 0.566. The molecule has 6 heteroatoms. The average Bonchev–Trinajstić information content (AvgIpc) is 4.02. The molecule has 0 saturated carbocycles. The van der Waals surface area contributed by atoms with Gasteiger partial charge in [-0.05, 0) is 53.1 Å². The summed E-state index contributed by atoms with van der Waals surface area (Å²) in [4.78, 5) is 16.2. The molecule has 0 bridgehead atoms. The van der Waals surface area contributed by atoms with E-state index in [0.29, 0.717) is 17.6 Å². The molecular weight excluding hydrogens is 787 g/mol. The maximum atomic E-state index is 5.50. The van der Waals surface area contributed by atoms with E-state index < -0.39 is 0 Å². The summed E-state index contributed by atoms with van der Waals surface area (Å²) < 4.78 is 7.14. The molecule has 0 radical (unpaired) electrons. The normalized spacial score (nSPS) is 11.8. The Morgan fingerprint density at radius 2 is 0.873 bits per heavy atom. The van der Waals surface area contributed by atoms with Crippen LogP contribution in [-0.2, 0) is 0 Å². The van der Waals surface area contributed by atoms with Gasteiger partial charge in [0.25, 0.3) is 0 Å². The van der Waals surface area contributed by atoms with Crippen LogP contribution in [0.3, 0.4) is 0 Å². The smallest absolute Gasteiger partial charge is 0.238 e. The van der Waals surface area contributed by atoms with E-state index in [1.165, 1.54) is 32.0 Å². The largest absolute Gasteiger partial charge is 0.307 e. The minimum atomic E-state index is 0.566. The van der Waals surface area contributed by atoms with Crippen molar-refractivity contribution in [1.82, 2.24) is 24.1 Å². The molecule has 0 atom stereocenters. The van der Waals surface area contributed by atoms with E-state index in [1.807, 2.05) is 18.2 Å². The highest BCUT2D eigenvalue weighted by molar-refractivity contribution is 7.26. The summed E-state index contributed by atoms with van der Waals surface area (Å²) in [5.74, 6) is 1.82. The number of aromatic nitrogens is 5. The van der Waals surface area contributed by atoms with Gasteiger partial charge in [0.15, 0.2) is 11.6 Å². The Bertz CT molecular complexity index is 3920. The number of thiophene rings is 1. The first-order chi connectivity index (χ1) is 31.3. The standard InChI is InChI=1S/C57H35N5S/c1-3-17-36(18-4-1)38-21-15-22-39(35-38)40-23-7-11-29-48(40)61-49-30-12-8-24-41(49)44-33-34-45-42-25-9-13-31-50(42)62(53(45)52(44)61)57-59-55(37-19-5-2-6-20-37)58-56(60-57)47-28-16-27-46-43-26-10-14-32-51(43)63-54(46)47/h1-35H. The van der Waals surface area contributed by atoms with Gasteiger partial charge >= 0.3 is 0 Å². The van der Waals surface area contributed by atoms with Gasteiger partial charge < -0.3 is 4.57 Å². The van der Waals surface area contributed by atoms with Crippen LogP contribution in [0.1, 0.15) is 0 Å². The minimum Gasteiger partial charge on any atom is -0.307 e. The zero-order chi connectivity index (χ0) is 41.4. The number of nitrogens with zero attached hydrogens (tertiary/aromatic N) is 5. The summed E-state index contributed by atoms with van der Waals surface area (Å²) in [7, 11) is 0. The third-order valence-corrected chi connectivity index (χ3v) is 13.6. The molecule has 9 aromatic carbocycles. The lowest BCUT2D eigenvalue weighted by molar-refractivity contribution is 0.954. The highest BCUT2D eigenvalue weighted by Crippen LogP contribution is 2.44. The molecule has 0 saturated heterocycles. The van der Waals surface area contributed by atoms with Crippen molar-refractivity contribution in [3.63, 3.8) is 0 Å². The zero-order valence-electron chi connectivity index (χ0n) is 33.9. The molecule has 0 amide bonds. The van der Waals surface area contributed by atoms with Crippen LogP contribution in [0.4, 0.5) is 0 Å². The summed E-state index contributed by atoms with van der Waals surface area (Å²) in [5, 5.41) is 7.03. The molecule has 0 unspecified atom stereocenters. The first-order valence-corrected chi connectivity index (χ1v) is 22.0. The quantitative estimate of drug-likeness (QED) is 0.168. The summed E-state index contributed by atoms with van der Waals surface area (Å²) in [6.45, 7) is 0. The van der Waals surface area contributed by atoms with Crippen molar-refractivity contribution in [2.24, 2.45) is 0 Å².